The van der Waals surface area contributed by atoms with Gasteiger partial charge in [0.15, 0.2) is 0 Å². The SMILES string of the molecule is CCCCC/C=C/C(O)C(COP(=O)(O)OCC[N+](C)(C)C)NC(=O)CCCCCCCCCCCCCCCCCCC/C=C\CCCCCCCCCC. The summed E-state index contributed by atoms with van der Waals surface area (Å²) in [6, 6.07) is -0.839. The molecule has 0 heterocycles. The molecule has 3 unspecified atom stereocenters. The number of hydrogen-bond acceptors (Lipinski definition) is 5. The van der Waals surface area contributed by atoms with Gasteiger partial charge in [0.25, 0.3) is 0 Å². The smallest absolute Gasteiger partial charge is 0.387 e. The van der Waals surface area contributed by atoms with Crippen molar-refractivity contribution >= 4 is 13.7 Å². The van der Waals surface area contributed by atoms with Crippen LogP contribution in [0, 0.1) is 0 Å². The van der Waals surface area contributed by atoms with E-state index in [2.05, 4.69) is 31.3 Å². The molecule has 8 nitrogen and oxygen atoms in total. The van der Waals surface area contributed by atoms with Gasteiger partial charge in [0.2, 0.25) is 5.91 Å². The second-order valence-corrected chi connectivity index (χ2v) is 18.9. The molecular formula is C47H94N2O6P+. The number of amides is 1. The molecule has 0 saturated heterocycles. The minimum absolute atomic E-state index is 0.0621. The van der Waals surface area contributed by atoms with E-state index in [1.165, 1.54) is 154 Å². The maximum atomic E-state index is 12.8. The van der Waals surface area contributed by atoms with Gasteiger partial charge in [-0.1, -0.05) is 192 Å². The van der Waals surface area contributed by atoms with Gasteiger partial charge < -0.3 is 19.8 Å². The number of allylic oxidation sites excluding steroid dienone is 3. The largest absolute Gasteiger partial charge is 0.472 e. The van der Waals surface area contributed by atoms with E-state index in [1.54, 1.807) is 6.08 Å². The first-order valence-electron chi connectivity index (χ1n) is 23.7. The average Bonchev–Trinajstić information content (AvgIpc) is 3.15. The lowest BCUT2D eigenvalue weighted by molar-refractivity contribution is -0.870. The van der Waals surface area contributed by atoms with Crippen molar-refractivity contribution < 1.29 is 32.9 Å². The summed E-state index contributed by atoms with van der Waals surface area (Å²) in [6.45, 7) is 4.71. The Balaban J connectivity index is 3.86. The number of carbonyl (C=O) groups excluding carboxylic acids is 1. The van der Waals surface area contributed by atoms with Gasteiger partial charge in [-0.2, -0.15) is 0 Å². The highest BCUT2D eigenvalue weighted by Crippen LogP contribution is 2.43. The van der Waals surface area contributed by atoms with E-state index in [-0.39, 0.29) is 19.1 Å². The standard InChI is InChI=1S/C47H93N2O6P/c1-6-8-10-12-13-14-15-16-17-18-19-20-21-22-23-24-25-26-27-28-29-30-31-32-33-34-35-37-39-41-47(51)48-45(46(50)40-38-36-11-9-7-2)44-55-56(52,53)54-43-42-49(3,4)5/h18-19,38,40,45-46,50H,6-17,20-37,39,41-44H2,1-5H3,(H-,48,51,52,53)/p+1/b19-18-,40-38+. The molecule has 9 heteroatoms. The number of likely N-dealkylation sites (N-methyl/N-ethyl adjacent to an activating group) is 1. The zero-order chi connectivity index (χ0) is 41.4. The third kappa shape index (κ3) is 41.2. The monoisotopic (exact) mass is 814 g/mol. The molecule has 0 radical (unpaired) electrons. The van der Waals surface area contributed by atoms with Crippen LogP contribution in [-0.2, 0) is 18.4 Å². The fraction of sp³-hybridized carbons (Fsp3) is 0.894. The van der Waals surface area contributed by atoms with Crippen LogP contribution in [0.1, 0.15) is 219 Å². The van der Waals surface area contributed by atoms with Crippen molar-refractivity contribution in [2.45, 2.75) is 231 Å². The first-order valence-corrected chi connectivity index (χ1v) is 25.2. The van der Waals surface area contributed by atoms with E-state index in [4.69, 9.17) is 9.05 Å². The van der Waals surface area contributed by atoms with Gasteiger partial charge in [-0.3, -0.25) is 13.8 Å². The number of rotatable bonds is 43. The number of carbonyl (C=O) groups is 1. The molecule has 0 aliphatic heterocycles. The van der Waals surface area contributed by atoms with Crippen LogP contribution in [0.15, 0.2) is 24.3 Å². The van der Waals surface area contributed by atoms with Gasteiger partial charge in [-0.25, -0.2) is 4.57 Å². The number of nitrogens with one attached hydrogen (secondary N) is 1. The van der Waals surface area contributed by atoms with Crippen LogP contribution in [0.2, 0.25) is 0 Å². The second kappa shape index (κ2) is 39.4. The molecular weight excluding hydrogens is 719 g/mol. The Labute approximate surface area is 347 Å². The molecule has 0 saturated carbocycles. The molecule has 0 aliphatic carbocycles. The lowest BCUT2D eigenvalue weighted by Crippen LogP contribution is -2.45. The van der Waals surface area contributed by atoms with Gasteiger partial charge in [0.1, 0.15) is 13.2 Å². The number of aliphatic hydroxyl groups excluding tert-OH is 1. The molecule has 0 spiro atoms. The Kier molecular flexibility index (Phi) is 38.7. The van der Waals surface area contributed by atoms with Gasteiger partial charge in [-0.15, -0.1) is 0 Å². The first kappa shape index (κ1) is 55.0. The summed E-state index contributed by atoms with van der Waals surface area (Å²) in [5, 5.41) is 13.6. The van der Waals surface area contributed by atoms with Gasteiger partial charge in [0.05, 0.1) is 39.9 Å². The van der Waals surface area contributed by atoms with Crippen LogP contribution in [0.25, 0.3) is 0 Å². The van der Waals surface area contributed by atoms with Gasteiger partial charge in [-0.05, 0) is 44.9 Å². The molecule has 3 atom stereocenters. The predicted molar refractivity (Wildman–Crippen MR) is 240 cm³/mol. The van der Waals surface area contributed by atoms with E-state index in [0.717, 1.165) is 44.9 Å². The fourth-order valence-electron chi connectivity index (χ4n) is 6.86. The molecule has 56 heavy (non-hydrogen) atoms. The van der Waals surface area contributed by atoms with Crippen molar-refractivity contribution in [3.05, 3.63) is 24.3 Å². The van der Waals surface area contributed by atoms with E-state index < -0.39 is 20.0 Å². The van der Waals surface area contributed by atoms with Crippen molar-refractivity contribution in [3.8, 4) is 0 Å². The Bertz CT molecular complexity index is 969. The number of phosphoric ester groups is 1. The lowest BCUT2D eigenvalue weighted by Gasteiger charge is -2.25. The van der Waals surface area contributed by atoms with Gasteiger partial charge in [0, 0.05) is 6.42 Å². The Hall–Kier alpha value is -1.02. The van der Waals surface area contributed by atoms with E-state index in [0.29, 0.717) is 17.4 Å². The lowest BCUT2D eigenvalue weighted by atomic mass is 10.0. The molecule has 332 valence electrons. The third-order valence-electron chi connectivity index (χ3n) is 10.7. The molecule has 0 aromatic heterocycles. The van der Waals surface area contributed by atoms with E-state index >= 15 is 0 Å². The number of hydrogen-bond donors (Lipinski definition) is 3. The predicted octanol–water partition coefficient (Wildman–Crippen LogP) is 13.3. The summed E-state index contributed by atoms with van der Waals surface area (Å²) in [4.78, 5) is 22.9. The summed E-state index contributed by atoms with van der Waals surface area (Å²) in [7, 11) is 1.57. The zero-order valence-electron chi connectivity index (χ0n) is 37.6. The van der Waals surface area contributed by atoms with Crippen LogP contribution in [0.3, 0.4) is 0 Å². The summed E-state index contributed by atoms with van der Waals surface area (Å²) in [5.41, 5.74) is 0. The Morgan fingerprint density at radius 1 is 0.589 bits per heavy atom. The van der Waals surface area contributed by atoms with Crippen molar-refractivity contribution in [3.63, 3.8) is 0 Å². The van der Waals surface area contributed by atoms with Crippen LogP contribution in [0.5, 0.6) is 0 Å². The maximum absolute atomic E-state index is 12.8. The normalized spacial score (nSPS) is 14.5. The highest BCUT2D eigenvalue weighted by Gasteiger charge is 2.27. The van der Waals surface area contributed by atoms with Gasteiger partial charge >= 0.3 is 7.82 Å². The highest BCUT2D eigenvalue weighted by atomic mass is 31.2. The average molecular weight is 814 g/mol. The van der Waals surface area contributed by atoms with Crippen LogP contribution >= 0.6 is 7.82 Å². The molecule has 1 amide bonds. The first-order chi connectivity index (χ1) is 27.0. The number of aliphatic hydroxyl groups is 1. The summed E-state index contributed by atoms with van der Waals surface area (Å²) in [6.07, 6.45) is 47.5. The quantitative estimate of drug-likeness (QED) is 0.0245. The molecule has 0 aromatic rings. The molecule has 0 bridgehead atoms. The topological polar surface area (TPSA) is 105 Å². The molecule has 0 aromatic carbocycles. The number of quaternary nitrogens is 1. The molecule has 0 aliphatic rings. The summed E-state index contributed by atoms with van der Waals surface area (Å²) in [5.74, 6) is -0.182. The number of unbranched alkanes of at least 4 members (excludes halogenated alkanes) is 28. The minimum Gasteiger partial charge on any atom is -0.387 e. The third-order valence-corrected chi connectivity index (χ3v) is 11.6. The van der Waals surface area contributed by atoms with Crippen LogP contribution in [-0.4, -0.2) is 73.4 Å². The second-order valence-electron chi connectivity index (χ2n) is 17.5. The Morgan fingerprint density at radius 2 is 0.964 bits per heavy atom. The molecule has 0 rings (SSSR count). The minimum atomic E-state index is -4.32. The van der Waals surface area contributed by atoms with Crippen molar-refractivity contribution in [1.29, 1.82) is 0 Å². The molecule has 3 N–H and O–H groups in total. The van der Waals surface area contributed by atoms with E-state index in [1.807, 2.05) is 27.2 Å². The molecule has 0 fully saturated rings. The Morgan fingerprint density at radius 3 is 1.41 bits per heavy atom. The van der Waals surface area contributed by atoms with Crippen LogP contribution < -0.4 is 5.32 Å². The van der Waals surface area contributed by atoms with Crippen molar-refractivity contribution in [1.82, 2.24) is 5.32 Å². The van der Waals surface area contributed by atoms with Crippen molar-refractivity contribution in [2.75, 3.05) is 40.9 Å². The van der Waals surface area contributed by atoms with E-state index in [9.17, 15) is 19.4 Å². The fourth-order valence-corrected chi connectivity index (χ4v) is 7.60. The summed E-state index contributed by atoms with van der Waals surface area (Å²) >= 11 is 0. The number of phosphoric acid groups is 1. The zero-order valence-corrected chi connectivity index (χ0v) is 38.5. The summed E-state index contributed by atoms with van der Waals surface area (Å²) < 4.78 is 23.4. The number of nitrogens with zero attached hydrogens (tertiary/aromatic N) is 1. The highest BCUT2D eigenvalue weighted by molar-refractivity contribution is 7.47. The van der Waals surface area contributed by atoms with Crippen LogP contribution in [0.4, 0.5) is 0 Å². The maximum Gasteiger partial charge on any atom is 0.472 e. The van der Waals surface area contributed by atoms with Crippen molar-refractivity contribution in [2.24, 2.45) is 0 Å².